The van der Waals surface area contributed by atoms with Crippen LogP contribution in [0.15, 0.2) is 24.3 Å². The van der Waals surface area contributed by atoms with Crippen LogP contribution in [0.2, 0.25) is 0 Å². The van der Waals surface area contributed by atoms with Crippen LogP contribution in [0.1, 0.15) is 45.6 Å². The second-order valence-electron chi connectivity index (χ2n) is 5.59. The van der Waals surface area contributed by atoms with E-state index in [1.54, 1.807) is 0 Å². The molecule has 4 nitrogen and oxygen atoms in total. The number of hydrogen-bond acceptors (Lipinski definition) is 2. The van der Waals surface area contributed by atoms with E-state index in [4.69, 9.17) is 5.11 Å². The number of carboxylic acids is 1. The molecule has 0 fully saturated rings. The summed E-state index contributed by atoms with van der Waals surface area (Å²) in [7, 11) is 0. The third kappa shape index (κ3) is 5.12. The lowest BCUT2D eigenvalue weighted by molar-refractivity contribution is -0.137. The Balaban J connectivity index is 2.67. The molecule has 2 N–H and O–H groups in total. The first-order valence-electron chi connectivity index (χ1n) is 6.42. The minimum absolute atomic E-state index is 0.0222. The first-order chi connectivity index (χ1) is 8.80. The molecule has 0 unspecified atom stereocenters. The molecule has 4 heteroatoms. The van der Waals surface area contributed by atoms with Crippen LogP contribution in [0.5, 0.6) is 0 Å². The van der Waals surface area contributed by atoms with Gasteiger partial charge in [0.2, 0.25) is 5.91 Å². The number of para-hydroxylation sites is 1. The average molecular weight is 263 g/mol. The Bertz CT molecular complexity index is 461. The number of carbonyl (C=O) groups excluding carboxylic acids is 1. The van der Waals surface area contributed by atoms with Gasteiger partial charge < -0.3 is 10.4 Å². The molecule has 0 saturated heterocycles. The Morgan fingerprint density at radius 1 is 1.16 bits per heavy atom. The predicted octanol–water partition coefficient (Wildman–Crippen LogP) is 3.18. The molecule has 0 atom stereocenters. The Kier molecular flexibility index (Phi) is 5.10. The van der Waals surface area contributed by atoms with Crippen molar-refractivity contribution in [2.24, 2.45) is 0 Å². The van der Waals surface area contributed by atoms with Gasteiger partial charge in [-0.25, -0.2) is 0 Å². The fraction of sp³-hybridized carbons (Fsp3) is 0.467. The van der Waals surface area contributed by atoms with Crippen LogP contribution in [-0.2, 0) is 15.0 Å². The number of nitrogens with one attached hydrogen (secondary N) is 1. The van der Waals surface area contributed by atoms with E-state index in [2.05, 4.69) is 26.1 Å². The van der Waals surface area contributed by atoms with E-state index < -0.39 is 5.97 Å². The van der Waals surface area contributed by atoms with E-state index in [0.717, 1.165) is 11.3 Å². The Hall–Kier alpha value is -1.84. The average Bonchev–Trinajstić information content (AvgIpc) is 2.27. The van der Waals surface area contributed by atoms with Gasteiger partial charge in [-0.1, -0.05) is 39.0 Å². The molecule has 1 aromatic carbocycles. The molecule has 1 amide bonds. The third-order valence-electron chi connectivity index (χ3n) is 2.80. The molecule has 1 aromatic rings. The van der Waals surface area contributed by atoms with Crippen LogP contribution >= 0.6 is 0 Å². The molecule has 0 spiro atoms. The lowest BCUT2D eigenvalue weighted by Crippen LogP contribution is -2.18. The summed E-state index contributed by atoms with van der Waals surface area (Å²) in [4.78, 5) is 22.2. The molecule has 19 heavy (non-hydrogen) atoms. The number of carbonyl (C=O) groups is 2. The van der Waals surface area contributed by atoms with Crippen LogP contribution < -0.4 is 5.32 Å². The first-order valence-corrected chi connectivity index (χ1v) is 6.42. The molecule has 0 aromatic heterocycles. The van der Waals surface area contributed by atoms with Gasteiger partial charge in [-0.3, -0.25) is 9.59 Å². The molecule has 0 aliphatic heterocycles. The van der Waals surface area contributed by atoms with Crippen molar-refractivity contribution in [1.29, 1.82) is 0 Å². The maximum Gasteiger partial charge on any atom is 0.303 e. The van der Waals surface area contributed by atoms with E-state index in [9.17, 15) is 9.59 Å². The molecular formula is C15H21NO3. The molecular weight excluding hydrogens is 242 g/mol. The molecule has 0 aliphatic carbocycles. The van der Waals surface area contributed by atoms with Gasteiger partial charge in [0.15, 0.2) is 0 Å². The highest BCUT2D eigenvalue weighted by Gasteiger charge is 2.18. The third-order valence-corrected chi connectivity index (χ3v) is 2.80. The van der Waals surface area contributed by atoms with Crippen LogP contribution in [0.3, 0.4) is 0 Å². The van der Waals surface area contributed by atoms with Gasteiger partial charge in [0.1, 0.15) is 0 Å². The van der Waals surface area contributed by atoms with Crippen molar-refractivity contribution in [2.75, 3.05) is 5.32 Å². The lowest BCUT2D eigenvalue weighted by atomic mass is 9.86. The minimum atomic E-state index is -0.872. The highest BCUT2D eigenvalue weighted by Crippen LogP contribution is 2.29. The molecule has 0 heterocycles. The summed E-state index contributed by atoms with van der Waals surface area (Å²) in [6.07, 6.45) is 0.609. The van der Waals surface area contributed by atoms with Crippen LogP contribution in [0, 0.1) is 0 Å². The zero-order valence-electron chi connectivity index (χ0n) is 11.7. The highest BCUT2D eigenvalue weighted by molar-refractivity contribution is 5.91. The van der Waals surface area contributed by atoms with Gasteiger partial charge in [-0.05, 0) is 23.5 Å². The number of rotatable bonds is 5. The van der Waals surface area contributed by atoms with Crippen LogP contribution in [0.25, 0.3) is 0 Å². The number of aliphatic carboxylic acids is 1. The fourth-order valence-electron chi connectivity index (χ4n) is 1.86. The summed E-state index contributed by atoms with van der Waals surface area (Å²) in [5, 5.41) is 11.4. The zero-order chi connectivity index (χ0) is 14.5. The van der Waals surface area contributed by atoms with E-state index in [0.29, 0.717) is 6.42 Å². The maximum absolute atomic E-state index is 11.8. The molecule has 0 radical (unpaired) electrons. The largest absolute Gasteiger partial charge is 0.481 e. The SMILES string of the molecule is CC(C)(C)c1ccccc1NC(=O)CCCC(=O)O. The van der Waals surface area contributed by atoms with Gasteiger partial charge in [0.05, 0.1) is 0 Å². The summed E-state index contributed by atoms with van der Waals surface area (Å²) in [6.45, 7) is 6.26. The van der Waals surface area contributed by atoms with Gasteiger partial charge in [-0.15, -0.1) is 0 Å². The van der Waals surface area contributed by atoms with Gasteiger partial charge in [-0.2, -0.15) is 0 Å². The molecule has 104 valence electrons. The van der Waals surface area contributed by atoms with Gasteiger partial charge >= 0.3 is 5.97 Å². The van der Waals surface area contributed by atoms with Crippen LogP contribution in [0.4, 0.5) is 5.69 Å². The summed E-state index contributed by atoms with van der Waals surface area (Å²) in [5.41, 5.74) is 1.82. The number of benzene rings is 1. The Morgan fingerprint density at radius 3 is 2.37 bits per heavy atom. The number of hydrogen-bond donors (Lipinski definition) is 2. The normalized spacial score (nSPS) is 11.1. The summed E-state index contributed by atoms with van der Waals surface area (Å²) in [5.74, 6) is -1.01. The molecule has 1 rings (SSSR count). The predicted molar refractivity (Wildman–Crippen MR) is 75.3 cm³/mol. The van der Waals surface area contributed by atoms with E-state index in [-0.39, 0.29) is 24.2 Å². The van der Waals surface area contributed by atoms with Crippen molar-refractivity contribution in [1.82, 2.24) is 0 Å². The number of anilines is 1. The fourth-order valence-corrected chi connectivity index (χ4v) is 1.86. The number of amides is 1. The smallest absolute Gasteiger partial charge is 0.303 e. The quantitative estimate of drug-likeness (QED) is 0.857. The van der Waals surface area contributed by atoms with Crippen molar-refractivity contribution in [3.8, 4) is 0 Å². The monoisotopic (exact) mass is 263 g/mol. The molecule has 0 aliphatic rings. The number of carboxylic acid groups (broad SMARTS) is 1. The van der Waals surface area contributed by atoms with Gasteiger partial charge in [0, 0.05) is 18.5 Å². The highest BCUT2D eigenvalue weighted by atomic mass is 16.4. The Morgan fingerprint density at radius 2 is 1.79 bits per heavy atom. The van der Waals surface area contributed by atoms with Crippen molar-refractivity contribution < 1.29 is 14.7 Å². The van der Waals surface area contributed by atoms with E-state index >= 15 is 0 Å². The second kappa shape index (κ2) is 6.36. The van der Waals surface area contributed by atoms with Crippen molar-refractivity contribution in [2.45, 2.75) is 45.4 Å². The van der Waals surface area contributed by atoms with Crippen LogP contribution in [-0.4, -0.2) is 17.0 Å². The van der Waals surface area contributed by atoms with Crippen molar-refractivity contribution >= 4 is 17.6 Å². The van der Waals surface area contributed by atoms with Gasteiger partial charge in [0.25, 0.3) is 0 Å². The summed E-state index contributed by atoms with van der Waals surface area (Å²) >= 11 is 0. The zero-order valence-corrected chi connectivity index (χ0v) is 11.7. The van der Waals surface area contributed by atoms with Crippen molar-refractivity contribution in [3.63, 3.8) is 0 Å². The lowest BCUT2D eigenvalue weighted by Gasteiger charge is -2.23. The standard InChI is InChI=1S/C15H21NO3/c1-15(2,3)11-7-4-5-8-12(11)16-13(17)9-6-10-14(18)19/h4-5,7-8H,6,9-10H2,1-3H3,(H,16,17)(H,18,19). The molecule has 0 bridgehead atoms. The van der Waals surface area contributed by atoms with E-state index in [1.165, 1.54) is 0 Å². The topological polar surface area (TPSA) is 66.4 Å². The van der Waals surface area contributed by atoms with Crippen molar-refractivity contribution in [3.05, 3.63) is 29.8 Å². The minimum Gasteiger partial charge on any atom is -0.481 e. The van der Waals surface area contributed by atoms with E-state index in [1.807, 2.05) is 24.3 Å². The maximum atomic E-state index is 11.8. The summed E-state index contributed by atoms with van der Waals surface area (Å²) in [6, 6.07) is 7.69. The Labute approximate surface area is 113 Å². The molecule has 0 saturated carbocycles. The second-order valence-corrected chi connectivity index (χ2v) is 5.59. The summed E-state index contributed by atoms with van der Waals surface area (Å²) < 4.78 is 0. The first kappa shape index (κ1) is 15.2.